The van der Waals surface area contributed by atoms with Crippen LogP contribution in [-0.4, -0.2) is 48.1 Å². The molecule has 192 valence electrons. The Kier molecular flexibility index (Phi) is 5.58. The topological polar surface area (TPSA) is 119 Å². The van der Waals surface area contributed by atoms with Crippen molar-refractivity contribution in [2.45, 2.75) is 42.6 Å². The summed E-state index contributed by atoms with van der Waals surface area (Å²) in [6, 6.07) is 5.63. The molecule has 3 aromatic rings. The van der Waals surface area contributed by atoms with E-state index in [1.165, 1.54) is 45.3 Å². The smallest absolute Gasteiger partial charge is 0.273 e. The Morgan fingerprint density at radius 2 is 2.05 bits per heavy atom. The van der Waals surface area contributed by atoms with Gasteiger partial charge in [-0.1, -0.05) is 17.7 Å². The molecule has 0 amide bonds. The van der Waals surface area contributed by atoms with E-state index in [2.05, 4.69) is 31.2 Å². The van der Waals surface area contributed by atoms with Crippen LogP contribution in [0.3, 0.4) is 0 Å². The minimum absolute atomic E-state index is 0.0355. The van der Waals surface area contributed by atoms with Gasteiger partial charge in [0.1, 0.15) is 16.1 Å². The second-order valence-electron chi connectivity index (χ2n) is 9.60. The summed E-state index contributed by atoms with van der Waals surface area (Å²) in [5.41, 5.74) is 3.56. The molecule has 8 nitrogen and oxygen atoms in total. The molecule has 1 aliphatic carbocycles. The predicted molar refractivity (Wildman–Crippen MR) is 135 cm³/mol. The molecule has 3 heterocycles. The SMILES string of the molecule is C#CCOc1cnc2c(Nc3ccc(F)c([C@@]4(C)N=C(N)S[C@]5(C(C)(C)O)C4C5(F)F)c3)nccc2n1. The zero-order chi connectivity index (χ0) is 26.8. The first-order valence-electron chi connectivity index (χ1n) is 11.2. The van der Waals surface area contributed by atoms with Crippen LogP contribution in [0.1, 0.15) is 26.3 Å². The number of nitrogens with two attached hydrogens (primary N) is 1. The van der Waals surface area contributed by atoms with Crippen LogP contribution < -0.4 is 15.8 Å². The van der Waals surface area contributed by atoms with Crippen LogP contribution in [0.2, 0.25) is 0 Å². The van der Waals surface area contributed by atoms with Gasteiger partial charge in [-0.25, -0.2) is 28.1 Å². The number of hydrogen-bond donors (Lipinski definition) is 3. The van der Waals surface area contributed by atoms with E-state index in [4.69, 9.17) is 16.9 Å². The van der Waals surface area contributed by atoms with Gasteiger partial charge in [0.25, 0.3) is 5.92 Å². The maximum atomic E-state index is 15.4. The monoisotopic (exact) mass is 528 g/mol. The van der Waals surface area contributed by atoms with Crippen LogP contribution in [0.25, 0.3) is 11.0 Å². The summed E-state index contributed by atoms with van der Waals surface area (Å²) in [5, 5.41) is 13.6. The molecule has 1 unspecified atom stereocenters. The van der Waals surface area contributed by atoms with Crippen LogP contribution in [-0.2, 0) is 5.54 Å². The number of hydrogen-bond acceptors (Lipinski definition) is 9. The van der Waals surface area contributed by atoms with Crippen molar-refractivity contribution in [2.75, 3.05) is 11.9 Å². The zero-order valence-corrected chi connectivity index (χ0v) is 20.9. The molecule has 2 aromatic heterocycles. The van der Waals surface area contributed by atoms with Crippen LogP contribution >= 0.6 is 11.8 Å². The van der Waals surface area contributed by atoms with Crippen LogP contribution in [0.15, 0.2) is 41.7 Å². The molecular weight excluding hydrogens is 505 g/mol. The molecule has 3 atom stereocenters. The summed E-state index contributed by atoms with van der Waals surface area (Å²) in [6.45, 7) is 4.05. The highest BCUT2D eigenvalue weighted by Crippen LogP contribution is 2.77. The Bertz CT molecular complexity index is 1490. The van der Waals surface area contributed by atoms with Gasteiger partial charge in [0.05, 0.1) is 28.8 Å². The number of alkyl halides is 2. The fourth-order valence-corrected chi connectivity index (χ4v) is 6.68. The van der Waals surface area contributed by atoms with Gasteiger partial charge in [0.15, 0.2) is 17.6 Å². The van der Waals surface area contributed by atoms with Crippen molar-refractivity contribution in [1.29, 1.82) is 0 Å². The quantitative estimate of drug-likeness (QED) is 0.412. The molecular formula is C25H23F3N6O2S. The summed E-state index contributed by atoms with van der Waals surface area (Å²) in [7, 11) is 0. The number of thioether (sulfide) groups is 1. The Hall–Kier alpha value is -3.56. The van der Waals surface area contributed by atoms with E-state index in [1.807, 2.05) is 0 Å². The molecule has 0 radical (unpaired) electrons. The third kappa shape index (κ3) is 3.67. The average Bonchev–Trinajstić information content (AvgIpc) is 3.36. The van der Waals surface area contributed by atoms with Gasteiger partial charge >= 0.3 is 0 Å². The van der Waals surface area contributed by atoms with E-state index in [1.54, 1.807) is 6.07 Å². The summed E-state index contributed by atoms with van der Waals surface area (Å²) in [5.74, 6) is -2.67. The third-order valence-corrected chi connectivity index (χ3v) is 8.41. The molecule has 1 fully saturated rings. The number of amidine groups is 1. The second kappa shape index (κ2) is 8.22. The first-order valence-corrected chi connectivity index (χ1v) is 12.1. The van der Waals surface area contributed by atoms with E-state index in [0.717, 1.165) is 6.07 Å². The van der Waals surface area contributed by atoms with E-state index in [9.17, 15) is 5.11 Å². The summed E-state index contributed by atoms with van der Waals surface area (Å²) in [4.78, 5) is 17.3. The second-order valence-corrected chi connectivity index (χ2v) is 10.9. The van der Waals surface area contributed by atoms with Crippen molar-refractivity contribution in [2.24, 2.45) is 16.6 Å². The third-order valence-electron chi connectivity index (χ3n) is 6.78. The Labute approximate surface area is 215 Å². The Morgan fingerprint density at radius 3 is 2.76 bits per heavy atom. The Balaban J connectivity index is 1.54. The number of rotatable bonds is 6. The van der Waals surface area contributed by atoms with E-state index in [-0.39, 0.29) is 23.2 Å². The zero-order valence-electron chi connectivity index (χ0n) is 20.1. The number of nitrogens with one attached hydrogen (secondary N) is 1. The fraction of sp³-hybridized carbons (Fsp3) is 0.360. The fourth-order valence-electron chi connectivity index (χ4n) is 5.17. The highest BCUT2D eigenvalue weighted by Gasteiger charge is 2.91. The number of benzene rings is 1. The van der Waals surface area contributed by atoms with E-state index >= 15 is 13.2 Å². The molecule has 1 saturated carbocycles. The molecule has 37 heavy (non-hydrogen) atoms. The van der Waals surface area contributed by atoms with Crippen molar-refractivity contribution < 1.29 is 23.0 Å². The minimum Gasteiger partial charge on any atom is -0.463 e. The first-order chi connectivity index (χ1) is 17.3. The molecule has 0 saturated heterocycles. The van der Waals surface area contributed by atoms with Crippen molar-refractivity contribution in [3.8, 4) is 18.2 Å². The number of aromatic nitrogens is 3. The van der Waals surface area contributed by atoms with Crippen LogP contribution in [0.4, 0.5) is 24.7 Å². The molecule has 5 rings (SSSR count). The lowest BCUT2D eigenvalue weighted by molar-refractivity contribution is 0.0124. The highest BCUT2D eigenvalue weighted by atomic mass is 32.2. The van der Waals surface area contributed by atoms with Gasteiger partial charge in [0.2, 0.25) is 5.88 Å². The highest BCUT2D eigenvalue weighted by molar-refractivity contribution is 8.15. The van der Waals surface area contributed by atoms with Crippen LogP contribution in [0.5, 0.6) is 5.88 Å². The molecule has 1 aliphatic heterocycles. The van der Waals surface area contributed by atoms with Gasteiger partial charge in [-0.3, -0.25) is 4.99 Å². The molecule has 2 aliphatic rings. The lowest BCUT2D eigenvalue weighted by Gasteiger charge is -2.37. The van der Waals surface area contributed by atoms with E-state index < -0.39 is 33.5 Å². The van der Waals surface area contributed by atoms with Gasteiger partial charge in [0, 0.05) is 17.4 Å². The number of pyridine rings is 1. The van der Waals surface area contributed by atoms with Crippen molar-refractivity contribution in [3.05, 3.63) is 48.0 Å². The number of fused-ring (bicyclic) bond motifs is 2. The number of aliphatic hydroxyl groups is 1. The number of anilines is 2. The molecule has 4 N–H and O–H groups in total. The Morgan fingerprint density at radius 1 is 1.30 bits per heavy atom. The van der Waals surface area contributed by atoms with E-state index in [0.29, 0.717) is 34.3 Å². The largest absolute Gasteiger partial charge is 0.463 e. The molecule has 0 bridgehead atoms. The number of halogens is 3. The van der Waals surface area contributed by atoms with Gasteiger partial charge < -0.3 is 20.9 Å². The standard InChI is InChI=1S/C25H23F3N6O2S/c1-5-10-36-17-12-31-18-16(33-17)8-9-30-19(18)32-13-6-7-15(26)14(11-13)23(4)20-24(22(2,3)35,25(20,27)28)37-21(29)34-23/h1,6-9,11-12,20,35H,10H2,2-4H3,(H2,29,34)(H,30,32)/t20?,23-,24+/m1/s1. The number of ether oxygens (including phenoxy) is 1. The predicted octanol–water partition coefficient (Wildman–Crippen LogP) is 3.97. The van der Waals surface area contributed by atoms with Crippen molar-refractivity contribution in [1.82, 2.24) is 15.0 Å². The van der Waals surface area contributed by atoms with Crippen molar-refractivity contribution >= 4 is 39.5 Å². The number of terminal acetylenes is 1. The van der Waals surface area contributed by atoms with Gasteiger partial charge in [-0.15, -0.1) is 6.42 Å². The normalized spacial score (nSPS) is 26.1. The molecule has 12 heteroatoms. The lowest BCUT2D eigenvalue weighted by atomic mass is 9.83. The minimum atomic E-state index is -3.35. The maximum absolute atomic E-state index is 15.4. The maximum Gasteiger partial charge on any atom is 0.273 e. The molecule has 1 aromatic carbocycles. The van der Waals surface area contributed by atoms with Gasteiger partial charge in [-0.2, -0.15) is 0 Å². The molecule has 0 spiro atoms. The summed E-state index contributed by atoms with van der Waals surface area (Å²) < 4.78 is 49.3. The average molecular weight is 529 g/mol. The number of nitrogens with zero attached hydrogens (tertiary/aromatic N) is 4. The van der Waals surface area contributed by atoms with Crippen LogP contribution in [0, 0.1) is 24.1 Å². The lowest BCUT2D eigenvalue weighted by Crippen LogP contribution is -2.47. The van der Waals surface area contributed by atoms with Gasteiger partial charge in [-0.05, 0) is 45.0 Å². The first kappa shape index (κ1) is 25.1. The number of aliphatic imine (C=N–C) groups is 1. The summed E-state index contributed by atoms with van der Waals surface area (Å²) >= 11 is 0.637. The summed E-state index contributed by atoms with van der Waals surface area (Å²) in [6.07, 6.45) is 8.10. The van der Waals surface area contributed by atoms with Crippen molar-refractivity contribution in [3.63, 3.8) is 0 Å².